The zero-order valence-corrected chi connectivity index (χ0v) is 12.7. The fourth-order valence-corrected chi connectivity index (χ4v) is 1.97. The maximum Gasteiger partial charge on any atom is 0.191 e. The Kier molecular flexibility index (Phi) is 9.32. The summed E-state index contributed by atoms with van der Waals surface area (Å²) in [4.78, 5) is 4.16. The van der Waals surface area contributed by atoms with Crippen molar-refractivity contribution in [3.05, 3.63) is 35.9 Å². The Morgan fingerprint density at radius 3 is 2.50 bits per heavy atom. The zero-order valence-electron chi connectivity index (χ0n) is 12.7. The lowest BCUT2D eigenvalue weighted by atomic mass is 10.1. The van der Waals surface area contributed by atoms with E-state index in [4.69, 9.17) is 4.74 Å². The predicted molar refractivity (Wildman–Crippen MR) is 85.2 cm³/mol. The van der Waals surface area contributed by atoms with E-state index in [-0.39, 0.29) is 0 Å². The second-order valence-corrected chi connectivity index (χ2v) is 4.71. The van der Waals surface area contributed by atoms with E-state index >= 15 is 0 Å². The van der Waals surface area contributed by atoms with Crippen LogP contribution in [0.1, 0.15) is 24.8 Å². The molecule has 0 saturated carbocycles. The highest BCUT2D eigenvalue weighted by Crippen LogP contribution is 2.05. The Morgan fingerprint density at radius 2 is 1.80 bits per heavy atom. The molecular formula is C16H27N3O. The number of guanidine groups is 1. The zero-order chi connectivity index (χ0) is 14.5. The topological polar surface area (TPSA) is 45.7 Å². The first-order chi connectivity index (χ1) is 9.86. The third-order valence-electron chi connectivity index (χ3n) is 3.10. The van der Waals surface area contributed by atoms with Crippen LogP contribution in [0.2, 0.25) is 0 Å². The molecule has 0 aliphatic carbocycles. The van der Waals surface area contributed by atoms with E-state index in [0.29, 0.717) is 6.61 Å². The molecule has 4 nitrogen and oxygen atoms in total. The molecule has 0 heterocycles. The van der Waals surface area contributed by atoms with Crippen molar-refractivity contribution in [3.8, 4) is 0 Å². The van der Waals surface area contributed by atoms with Crippen LogP contribution in [0, 0.1) is 0 Å². The number of ether oxygens (including phenoxy) is 1. The maximum atomic E-state index is 4.99. The Labute approximate surface area is 122 Å². The number of benzene rings is 1. The minimum absolute atomic E-state index is 0.692. The van der Waals surface area contributed by atoms with Gasteiger partial charge in [0.05, 0.1) is 6.61 Å². The van der Waals surface area contributed by atoms with E-state index in [2.05, 4.69) is 46.0 Å². The van der Waals surface area contributed by atoms with Crippen molar-refractivity contribution >= 4 is 5.96 Å². The average molecular weight is 277 g/mol. The molecule has 1 aromatic rings. The monoisotopic (exact) mass is 277 g/mol. The second-order valence-electron chi connectivity index (χ2n) is 4.71. The number of hydrogen-bond acceptors (Lipinski definition) is 2. The lowest BCUT2D eigenvalue weighted by molar-refractivity contribution is 0.203. The van der Waals surface area contributed by atoms with Gasteiger partial charge in [-0.3, -0.25) is 4.99 Å². The van der Waals surface area contributed by atoms with Gasteiger partial charge in [-0.1, -0.05) is 36.8 Å². The number of nitrogens with zero attached hydrogens (tertiary/aromatic N) is 1. The molecule has 20 heavy (non-hydrogen) atoms. The molecule has 0 bridgehead atoms. The van der Waals surface area contributed by atoms with Crippen LogP contribution in [-0.4, -0.2) is 39.8 Å². The largest absolute Gasteiger partial charge is 0.383 e. The van der Waals surface area contributed by atoms with Crippen molar-refractivity contribution in [2.24, 2.45) is 4.99 Å². The summed E-state index contributed by atoms with van der Waals surface area (Å²) in [5, 5.41) is 6.51. The molecule has 0 aromatic heterocycles. The summed E-state index contributed by atoms with van der Waals surface area (Å²) in [7, 11) is 3.49. The van der Waals surface area contributed by atoms with Gasteiger partial charge in [-0.25, -0.2) is 0 Å². The highest BCUT2D eigenvalue weighted by Gasteiger charge is 1.96. The maximum absolute atomic E-state index is 4.99. The van der Waals surface area contributed by atoms with Crippen LogP contribution in [0.5, 0.6) is 0 Å². The molecule has 0 saturated heterocycles. The van der Waals surface area contributed by atoms with Crippen molar-refractivity contribution in [3.63, 3.8) is 0 Å². The number of unbranched alkanes of at least 4 members (excludes halogenated alkanes) is 2. The first kappa shape index (κ1) is 16.5. The number of hydrogen-bond donors (Lipinski definition) is 2. The number of aryl methyl sites for hydroxylation is 1. The van der Waals surface area contributed by atoms with E-state index < -0.39 is 0 Å². The van der Waals surface area contributed by atoms with Crippen LogP contribution in [0.3, 0.4) is 0 Å². The fourth-order valence-electron chi connectivity index (χ4n) is 1.97. The van der Waals surface area contributed by atoms with E-state index in [0.717, 1.165) is 25.5 Å². The highest BCUT2D eigenvalue weighted by molar-refractivity contribution is 5.79. The van der Waals surface area contributed by atoms with Gasteiger partial charge < -0.3 is 15.4 Å². The summed E-state index contributed by atoms with van der Waals surface area (Å²) in [5.74, 6) is 0.852. The third-order valence-corrected chi connectivity index (χ3v) is 3.10. The summed E-state index contributed by atoms with van der Waals surface area (Å²) >= 11 is 0. The Hall–Kier alpha value is -1.55. The van der Waals surface area contributed by atoms with Crippen molar-refractivity contribution in [2.75, 3.05) is 33.9 Å². The molecule has 2 N–H and O–H groups in total. The molecule has 0 unspecified atom stereocenters. The first-order valence-electron chi connectivity index (χ1n) is 7.34. The fraction of sp³-hybridized carbons (Fsp3) is 0.562. The molecule has 1 aromatic carbocycles. The van der Waals surface area contributed by atoms with E-state index in [1.807, 2.05) is 0 Å². The molecule has 0 amide bonds. The molecule has 0 aliphatic heterocycles. The van der Waals surface area contributed by atoms with E-state index in [9.17, 15) is 0 Å². The van der Waals surface area contributed by atoms with Crippen LogP contribution in [-0.2, 0) is 11.2 Å². The number of nitrogens with one attached hydrogen (secondary N) is 2. The quantitative estimate of drug-likeness (QED) is 0.413. The third kappa shape index (κ3) is 7.79. The summed E-state index contributed by atoms with van der Waals surface area (Å²) < 4.78 is 4.99. The van der Waals surface area contributed by atoms with Crippen LogP contribution in [0.15, 0.2) is 35.3 Å². The van der Waals surface area contributed by atoms with Gasteiger partial charge in [0.2, 0.25) is 0 Å². The standard InChI is InChI=1S/C16H27N3O/c1-17-16(19-13-14-20-2)18-12-8-4-7-11-15-9-5-3-6-10-15/h3,5-6,9-10H,4,7-8,11-14H2,1-2H3,(H2,17,18,19). The van der Waals surface area contributed by atoms with Gasteiger partial charge in [-0.15, -0.1) is 0 Å². The number of aliphatic imine (C=N–C) groups is 1. The second kappa shape index (κ2) is 11.3. The Morgan fingerprint density at radius 1 is 1.05 bits per heavy atom. The summed E-state index contributed by atoms with van der Waals surface area (Å²) in [6, 6.07) is 10.7. The number of rotatable bonds is 9. The normalized spacial score (nSPS) is 11.4. The molecule has 1 rings (SSSR count). The van der Waals surface area contributed by atoms with Gasteiger partial charge in [0.15, 0.2) is 5.96 Å². The molecule has 0 fully saturated rings. The number of methoxy groups -OCH3 is 1. The Balaban J connectivity index is 2.01. The molecule has 0 radical (unpaired) electrons. The van der Waals surface area contributed by atoms with Gasteiger partial charge in [0, 0.05) is 27.2 Å². The minimum atomic E-state index is 0.692. The summed E-state index contributed by atoms with van der Waals surface area (Å²) in [5.41, 5.74) is 1.43. The lowest BCUT2D eigenvalue weighted by Crippen LogP contribution is -2.39. The van der Waals surface area contributed by atoms with Crippen LogP contribution >= 0.6 is 0 Å². The van der Waals surface area contributed by atoms with Gasteiger partial charge in [0.1, 0.15) is 0 Å². The molecule has 4 heteroatoms. The molecule has 112 valence electrons. The molecular weight excluding hydrogens is 250 g/mol. The lowest BCUT2D eigenvalue weighted by Gasteiger charge is -2.11. The van der Waals surface area contributed by atoms with Gasteiger partial charge in [-0.05, 0) is 24.8 Å². The SMILES string of the molecule is CN=C(NCCCCCc1ccccc1)NCCOC. The predicted octanol–water partition coefficient (Wildman–Crippen LogP) is 2.21. The Bertz CT molecular complexity index is 365. The smallest absolute Gasteiger partial charge is 0.191 e. The minimum Gasteiger partial charge on any atom is -0.383 e. The molecule has 0 aliphatic rings. The van der Waals surface area contributed by atoms with Crippen molar-refractivity contribution in [1.29, 1.82) is 0 Å². The van der Waals surface area contributed by atoms with Gasteiger partial charge >= 0.3 is 0 Å². The summed E-state index contributed by atoms with van der Waals surface area (Å²) in [6.45, 7) is 2.43. The average Bonchev–Trinajstić information content (AvgIpc) is 2.50. The van der Waals surface area contributed by atoms with Crippen LogP contribution < -0.4 is 10.6 Å². The van der Waals surface area contributed by atoms with Crippen molar-refractivity contribution in [1.82, 2.24) is 10.6 Å². The molecule has 0 atom stereocenters. The van der Waals surface area contributed by atoms with E-state index in [1.165, 1.54) is 24.8 Å². The van der Waals surface area contributed by atoms with Gasteiger partial charge in [-0.2, -0.15) is 0 Å². The van der Waals surface area contributed by atoms with Crippen LogP contribution in [0.4, 0.5) is 0 Å². The van der Waals surface area contributed by atoms with E-state index in [1.54, 1.807) is 14.2 Å². The van der Waals surface area contributed by atoms with Gasteiger partial charge in [0.25, 0.3) is 0 Å². The van der Waals surface area contributed by atoms with Crippen molar-refractivity contribution < 1.29 is 4.74 Å². The van der Waals surface area contributed by atoms with Crippen molar-refractivity contribution in [2.45, 2.75) is 25.7 Å². The molecule has 0 spiro atoms. The first-order valence-corrected chi connectivity index (χ1v) is 7.34. The highest BCUT2D eigenvalue weighted by atomic mass is 16.5. The summed E-state index contributed by atoms with van der Waals surface area (Å²) in [6.07, 6.45) is 4.80. The van der Waals surface area contributed by atoms with Crippen LogP contribution in [0.25, 0.3) is 0 Å².